The number of carbonyl (C=O) groups is 1. The van der Waals surface area contributed by atoms with Gasteiger partial charge in [-0.15, -0.1) is 0 Å². The summed E-state index contributed by atoms with van der Waals surface area (Å²) < 4.78 is 33.7. The Morgan fingerprint density at radius 2 is 1.75 bits per heavy atom. The molecule has 4 heterocycles. The first-order valence-corrected chi connectivity index (χ1v) is 13.0. The zero-order chi connectivity index (χ0) is 25.3. The molecule has 3 aromatic heterocycles. The fourth-order valence-electron chi connectivity index (χ4n) is 4.24. The van der Waals surface area contributed by atoms with Crippen molar-refractivity contribution in [1.82, 2.24) is 29.1 Å². The zero-order valence-electron chi connectivity index (χ0n) is 19.4. The molecule has 10 nitrogen and oxygen atoms in total. The van der Waals surface area contributed by atoms with E-state index in [4.69, 9.17) is 16.3 Å². The Labute approximate surface area is 213 Å². The van der Waals surface area contributed by atoms with Crippen LogP contribution < -0.4 is 0 Å². The number of sulfonamides is 1. The Bertz CT molecular complexity index is 1500. The Morgan fingerprint density at radius 1 is 1.06 bits per heavy atom. The molecule has 186 valence electrons. The van der Waals surface area contributed by atoms with Crippen molar-refractivity contribution in [3.63, 3.8) is 0 Å². The van der Waals surface area contributed by atoms with Crippen molar-refractivity contribution >= 4 is 38.4 Å². The number of piperazine rings is 1. The smallest absolute Gasteiger partial charge is 0.291 e. The van der Waals surface area contributed by atoms with Crippen LogP contribution in [0.5, 0.6) is 0 Å². The first-order valence-electron chi connectivity index (χ1n) is 11.2. The normalized spacial score (nSPS) is 14.9. The highest BCUT2D eigenvalue weighted by molar-refractivity contribution is 7.89. The largest absolute Gasteiger partial charge is 0.380 e. The topological polar surface area (TPSA) is 121 Å². The number of fused-ring (bicyclic) bond motifs is 1. The summed E-state index contributed by atoms with van der Waals surface area (Å²) in [6, 6.07) is 8.83. The van der Waals surface area contributed by atoms with Gasteiger partial charge in [-0.25, -0.2) is 18.4 Å². The molecule has 1 amide bonds. The first kappa shape index (κ1) is 24.3. The van der Waals surface area contributed by atoms with E-state index in [9.17, 15) is 13.2 Å². The number of amides is 1. The van der Waals surface area contributed by atoms with Crippen molar-refractivity contribution in [2.75, 3.05) is 33.3 Å². The van der Waals surface area contributed by atoms with E-state index in [-0.39, 0.29) is 49.5 Å². The molecule has 0 atom stereocenters. The number of ether oxygens (including phenoxy) is 1. The number of pyridine rings is 1. The van der Waals surface area contributed by atoms with Crippen molar-refractivity contribution in [3.05, 3.63) is 71.5 Å². The van der Waals surface area contributed by atoms with E-state index in [0.717, 1.165) is 11.1 Å². The molecule has 0 bridgehead atoms. The van der Waals surface area contributed by atoms with Crippen molar-refractivity contribution in [2.24, 2.45) is 0 Å². The summed E-state index contributed by atoms with van der Waals surface area (Å²) in [5.74, 6) is -0.271. The number of H-pyrrole nitrogens is 1. The fraction of sp³-hybridized carbons (Fsp3) is 0.250. The van der Waals surface area contributed by atoms with Crippen LogP contribution in [-0.4, -0.2) is 76.8 Å². The van der Waals surface area contributed by atoms with Gasteiger partial charge < -0.3 is 14.6 Å². The highest BCUT2D eigenvalue weighted by Gasteiger charge is 2.34. The molecule has 1 fully saturated rings. The number of hydrogen-bond donors (Lipinski definition) is 1. The van der Waals surface area contributed by atoms with E-state index >= 15 is 0 Å². The van der Waals surface area contributed by atoms with Crippen LogP contribution in [0.4, 0.5) is 0 Å². The van der Waals surface area contributed by atoms with E-state index in [1.54, 1.807) is 47.9 Å². The van der Waals surface area contributed by atoms with Crippen LogP contribution in [0.3, 0.4) is 0 Å². The summed E-state index contributed by atoms with van der Waals surface area (Å²) >= 11 is 6.13. The van der Waals surface area contributed by atoms with Crippen molar-refractivity contribution in [2.45, 2.75) is 11.6 Å². The molecule has 0 spiro atoms. The molecule has 1 aliphatic heterocycles. The second kappa shape index (κ2) is 9.94. The first-order chi connectivity index (χ1) is 17.4. The third-order valence-electron chi connectivity index (χ3n) is 6.10. The van der Waals surface area contributed by atoms with Crippen LogP contribution >= 0.6 is 11.6 Å². The SMILES string of the molecule is COCc1c(S(=O)(=O)N2CCN(C(=O)c3ncc(-c4ccncc4)cn3)CC2)[nH]c2ccc(Cl)cc12. The number of aromatic nitrogens is 4. The maximum Gasteiger partial charge on any atom is 0.291 e. The van der Waals surface area contributed by atoms with E-state index in [2.05, 4.69) is 19.9 Å². The van der Waals surface area contributed by atoms with Gasteiger partial charge in [0.25, 0.3) is 15.9 Å². The number of nitrogens with one attached hydrogen (secondary N) is 1. The van der Waals surface area contributed by atoms with Gasteiger partial charge in [-0.3, -0.25) is 9.78 Å². The van der Waals surface area contributed by atoms with Gasteiger partial charge in [0, 0.05) is 85.1 Å². The predicted molar refractivity (Wildman–Crippen MR) is 134 cm³/mol. The summed E-state index contributed by atoms with van der Waals surface area (Å²) in [5.41, 5.74) is 2.86. The number of rotatable bonds is 6. The van der Waals surface area contributed by atoms with Crippen LogP contribution in [-0.2, 0) is 21.4 Å². The van der Waals surface area contributed by atoms with Gasteiger partial charge in [0.2, 0.25) is 5.82 Å². The molecular weight excluding hydrogens is 504 g/mol. The molecule has 0 radical (unpaired) electrons. The van der Waals surface area contributed by atoms with E-state index in [1.807, 2.05) is 12.1 Å². The Morgan fingerprint density at radius 3 is 2.42 bits per heavy atom. The number of methoxy groups -OCH3 is 1. The average Bonchev–Trinajstić information content (AvgIpc) is 3.27. The molecule has 4 aromatic rings. The lowest BCUT2D eigenvalue weighted by molar-refractivity contribution is 0.0685. The van der Waals surface area contributed by atoms with Crippen molar-refractivity contribution in [1.29, 1.82) is 0 Å². The predicted octanol–water partition coefficient (Wildman–Crippen LogP) is 2.97. The summed E-state index contributed by atoms with van der Waals surface area (Å²) in [6.07, 6.45) is 6.53. The summed E-state index contributed by atoms with van der Waals surface area (Å²) in [4.78, 5) is 30.0. The van der Waals surface area contributed by atoms with Gasteiger partial charge >= 0.3 is 0 Å². The summed E-state index contributed by atoms with van der Waals surface area (Å²) in [5, 5.41) is 1.28. The minimum atomic E-state index is -3.86. The highest BCUT2D eigenvalue weighted by Crippen LogP contribution is 2.31. The quantitative estimate of drug-likeness (QED) is 0.410. The summed E-state index contributed by atoms with van der Waals surface area (Å²) in [7, 11) is -2.35. The Kier molecular flexibility index (Phi) is 6.71. The molecule has 36 heavy (non-hydrogen) atoms. The number of carbonyl (C=O) groups excluding carboxylic acids is 1. The van der Waals surface area contributed by atoms with Gasteiger partial charge in [0.1, 0.15) is 0 Å². The zero-order valence-corrected chi connectivity index (χ0v) is 21.0. The van der Waals surface area contributed by atoms with E-state index in [0.29, 0.717) is 21.5 Å². The lowest BCUT2D eigenvalue weighted by Crippen LogP contribution is -2.50. The maximum absolute atomic E-state index is 13.5. The molecule has 1 N–H and O–H groups in total. The molecular formula is C24H23ClN6O4S. The van der Waals surface area contributed by atoms with Gasteiger partial charge in [0.05, 0.1) is 6.61 Å². The van der Waals surface area contributed by atoms with E-state index in [1.165, 1.54) is 11.4 Å². The lowest BCUT2D eigenvalue weighted by Gasteiger charge is -2.33. The van der Waals surface area contributed by atoms with Gasteiger partial charge in [-0.1, -0.05) is 11.6 Å². The van der Waals surface area contributed by atoms with Gasteiger partial charge in [-0.2, -0.15) is 4.31 Å². The fourth-order valence-corrected chi connectivity index (χ4v) is 6.03. The monoisotopic (exact) mass is 526 g/mol. The Balaban J connectivity index is 1.31. The number of halogens is 1. The molecule has 0 aliphatic carbocycles. The van der Waals surface area contributed by atoms with Crippen LogP contribution in [0.2, 0.25) is 5.02 Å². The number of benzene rings is 1. The minimum Gasteiger partial charge on any atom is -0.380 e. The lowest BCUT2D eigenvalue weighted by atomic mass is 10.1. The number of nitrogens with zero attached hydrogens (tertiary/aromatic N) is 5. The van der Waals surface area contributed by atoms with Gasteiger partial charge in [-0.05, 0) is 35.9 Å². The van der Waals surface area contributed by atoms with Gasteiger partial charge in [0.15, 0.2) is 5.03 Å². The minimum absolute atomic E-state index is 0.0685. The van der Waals surface area contributed by atoms with Crippen LogP contribution in [0.25, 0.3) is 22.0 Å². The third kappa shape index (κ3) is 4.58. The standard InChI is InChI=1S/C24H23ClN6O4S/c1-35-15-20-19-12-18(25)2-3-21(19)29-23(20)36(33,34)31-10-8-30(9-11-31)24(32)22-27-13-17(14-28-22)16-4-6-26-7-5-16/h2-7,12-14,29H,8-11,15H2,1H3. The Hall–Kier alpha value is -3.38. The summed E-state index contributed by atoms with van der Waals surface area (Å²) in [6.45, 7) is 0.843. The molecule has 12 heteroatoms. The maximum atomic E-state index is 13.5. The molecule has 5 rings (SSSR count). The van der Waals surface area contributed by atoms with Crippen molar-refractivity contribution < 1.29 is 17.9 Å². The molecule has 0 saturated carbocycles. The second-order valence-electron chi connectivity index (χ2n) is 8.28. The molecule has 1 aliphatic rings. The average molecular weight is 527 g/mol. The molecule has 1 saturated heterocycles. The van der Waals surface area contributed by atoms with Crippen LogP contribution in [0.15, 0.2) is 60.1 Å². The molecule has 0 unspecified atom stereocenters. The van der Waals surface area contributed by atoms with Crippen molar-refractivity contribution in [3.8, 4) is 11.1 Å². The molecule has 1 aromatic carbocycles. The van der Waals surface area contributed by atoms with Crippen LogP contribution in [0.1, 0.15) is 16.2 Å². The second-order valence-corrected chi connectivity index (χ2v) is 10.6. The highest BCUT2D eigenvalue weighted by atomic mass is 35.5. The van der Waals surface area contributed by atoms with E-state index < -0.39 is 10.0 Å². The number of hydrogen-bond acceptors (Lipinski definition) is 7. The van der Waals surface area contributed by atoms with Crippen LogP contribution in [0, 0.1) is 0 Å². The third-order valence-corrected chi connectivity index (χ3v) is 8.24. The number of aromatic amines is 1.